The average Bonchev–Trinajstić information content (AvgIpc) is 3.76. The van der Waals surface area contributed by atoms with Crippen LogP contribution in [0.3, 0.4) is 0 Å². The van der Waals surface area contributed by atoms with Crippen molar-refractivity contribution in [3.63, 3.8) is 0 Å². The van der Waals surface area contributed by atoms with Crippen molar-refractivity contribution in [2.24, 2.45) is 0 Å². The summed E-state index contributed by atoms with van der Waals surface area (Å²) in [7, 11) is 0. The number of piperidine rings is 1. The number of H-pyrrole nitrogens is 1. The van der Waals surface area contributed by atoms with E-state index in [2.05, 4.69) is 20.0 Å². The molecule has 10 nitrogen and oxygen atoms in total. The van der Waals surface area contributed by atoms with E-state index in [1.807, 2.05) is 17.2 Å². The van der Waals surface area contributed by atoms with Crippen LogP contribution in [0.5, 0.6) is 11.5 Å². The summed E-state index contributed by atoms with van der Waals surface area (Å²) in [5.41, 5.74) is 2.46. The maximum Gasteiger partial charge on any atom is 0.451 e. The van der Waals surface area contributed by atoms with Crippen molar-refractivity contribution in [2.45, 2.75) is 44.2 Å². The minimum Gasteiger partial charge on any atom is -0.447 e. The molecule has 0 aliphatic carbocycles. The number of carbonyl (C=O) groups excluding carboxylic acids is 1. The van der Waals surface area contributed by atoms with Gasteiger partial charge in [0.1, 0.15) is 12.4 Å². The van der Waals surface area contributed by atoms with E-state index in [1.165, 1.54) is 17.2 Å². The summed E-state index contributed by atoms with van der Waals surface area (Å²) in [5.74, 6) is -2.01. The van der Waals surface area contributed by atoms with Gasteiger partial charge in [-0.25, -0.2) is 14.2 Å². The van der Waals surface area contributed by atoms with Crippen molar-refractivity contribution < 1.29 is 36.6 Å². The highest BCUT2D eigenvalue weighted by Gasteiger charge is 2.43. The third-order valence-electron chi connectivity index (χ3n) is 8.44. The molecule has 2 saturated heterocycles. The van der Waals surface area contributed by atoms with Crippen LogP contribution in [-0.4, -0.2) is 57.4 Å². The number of hydrogen-bond donors (Lipinski definition) is 1. The van der Waals surface area contributed by atoms with Crippen LogP contribution >= 0.6 is 11.6 Å². The number of cyclic esters (lactones) is 1. The van der Waals surface area contributed by atoms with E-state index in [1.54, 1.807) is 31.2 Å². The molecular weight excluding hydrogens is 632 g/mol. The van der Waals surface area contributed by atoms with Crippen molar-refractivity contribution in [3.8, 4) is 22.9 Å². The van der Waals surface area contributed by atoms with Crippen LogP contribution in [0, 0.1) is 5.82 Å². The third-order valence-corrected chi connectivity index (χ3v) is 8.68. The lowest BCUT2D eigenvalue weighted by Crippen LogP contribution is -2.34. The molecule has 3 aliphatic heterocycles. The van der Waals surface area contributed by atoms with Gasteiger partial charge in [0.05, 0.1) is 23.5 Å². The number of likely N-dealkylation sites (tertiary alicyclic amines) is 1. The van der Waals surface area contributed by atoms with Gasteiger partial charge in [0, 0.05) is 35.8 Å². The highest BCUT2D eigenvalue weighted by Crippen LogP contribution is 2.50. The van der Waals surface area contributed by atoms with Crippen LogP contribution in [0.2, 0.25) is 5.02 Å². The van der Waals surface area contributed by atoms with Gasteiger partial charge in [-0.15, -0.1) is 0 Å². The SMILES string of the molecule is C[C@@]1(c2ccc(Cl)cc2F)Oc2cccc(C3CCN(Cc4ncc(-c5n[nH]c(C(F)(F)F)n5)cc4N4CCOC4=O)CC3)c2O1. The van der Waals surface area contributed by atoms with Crippen LogP contribution in [0.25, 0.3) is 11.4 Å². The van der Waals surface area contributed by atoms with Crippen LogP contribution in [0.4, 0.5) is 28.0 Å². The number of halogens is 5. The Balaban J connectivity index is 1.08. The predicted octanol–water partition coefficient (Wildman–Crippen LogP) is 6.66. The average molecular weight is 659 g/mol. The van der Waals surface area contributed by atoms with Gasteiger partial charge in [-0.05, 0) is 62.2 Å². The summed E-state index contributed by atoms with van der Waals surface area (Å²) in [6.45, 7) is 3.93. The summed E-state index contributed by atoms with van der Waals surface area (Å²) in [4.78, 5) is 24.2. The minimum absolute atomic E-state index is 0.143. The lowest BCUT2D eigenvalue weighted by molar-refractivity contribution is -0.144. The fraction of sp³-hybridized carbons (Fsp3) is 0.355. The number of benzene rings is 2. The molecule has 0 saturated carbocycles. The van der Waals surface area contributed by atoms with E-state index < -0.39 is 29.7 Å². The normalized spacial score (nSPS) is 20.4. The Bertz CT molecular complexity index is 1810. The Morgan fingerprint density at radius 3 is 2.61 bits per heavy atom. The van der Waals surface area contributed by atoms with E-state index in [-0.39, 0.29) is 41.0 Å². The number of fused-ring (bicyclic) bond motifs is 1. The van der Waals surface area contributed by atoms with E-state index in [0.717, 1.165) is 18.4 Å². The number of aromatic nitrogens is 4. The topological polar surface area (TPSA) is 106 Å². The quantitative estimate of drug-likeness (QED) is 0.230. The fourth-order valence-electron chi connectivity index (χ4n) is 6.14. The second kappa shape index (κ2) is 11.4. The minimum atomic E-state index is -4.68. The van der Waals surface area contributed by atoms with Crippen molar-refractivity contribution in [1.29, 1.82) is 0 Å². The summed E-state index contributed by atoms with van der Waals surface area (Å²) in [5, 5.41) is 5.88. The summed E-state index contributed by atoms with van der Waals surface area (Å²) >= 11 is 5.95. The van der Waals surface area contributed by atoms with Crippen molar-refractivity contribution in [1.82, 2.24) is 25.1 Å². The Morgan fingerprint density at radius 2 is 1.91 bits per heavy atom. The highest BCUT2D eigenvalue weighted by atomic mass is 35.5. The maximum absolute atomic E-state index is 14.8. The highest BCUT2D eigenvalue weighted by molar-refractivity contribution is 6.30. The zero-order valence-electron chi connectivity index (χ0n) is 24.4. The molecule has 1 atom stereocenters. The Morgan fingerprint density at radius 1 is 1.11 bits per heavy atom. The van der Waals surface area contributed by atoms with Crippen LogP contribution in [-0.2, 0) is 23.2 Å². The zero-order chi connectivity index (χ0) is 32.2. The monoisotopic (exact) mass is 658 g/mol. The fourth-order valence-corrected chi connectivity index (χ4v) is 6.30. The second-order valence-corrected chi connectivity index (χ2v) is 11.9. The van der Waals surface area contributed by atoms with Gasteiger partial charge >= 0.3 is 12.3 Å². The number of amides is 1. The maximum atomic E-state index is 14.8. The Hall–Kier alpha value is -4.43. The number of pyridine rings is 1. The second-order valence-electron chi connectivity index (χ2n) is 11.5. The number of anilines is 1. The summed E-state index contributed by atoms with van der Waals surface area (Å²) in [6.07, 6.45) is -2.28. The van der Waals surface area contributed by atoms with E-state index in [9.17, 15) is 22.4 Å². The molecule has 2 aromatic carbocycles. The zero-order valence-corrected chi connectivity index (χ0v) is 25.2. The Labute approximate surface area is 265 Å². The molecular formula is C31H27ClF4N6O4. The van der Waals surface area contributed by atoms with Crippen molar-refractivity contribution >= 4 is 23.4 Å². The first-order valence-electron chi connectivity index (χ1n) is 14.6. The molecule has 46 heavy (non-hydrogen) atoms. The van der Waals surface area contributed by atoms with Crippen LogP contribution in [0.15, 0.2) is 48.7 Å². The number of aromatic amines is 1. The molecule has 0 bridgehead atoms. The molecule has 240 valence electrons. The van der Waals surface area contributed by atoms with Crippen molar-refractivity contribution in [3.05, 3.63) is 82.1 Å². The third kappa shape index (κ3) is 5.60. The van der Waals surface area contributed by atoms with Crippen molar-refractivity contribution in [2.75, 3.05) is 31.1 Å². The number of para-hydroxylation sites is 1. The lowest BCUT2D eigenvalue weighted by Gasteiger charge is -2.33. The van der Waals surface area contributed by atoms with Gasteiger partial charge in [-0.2, -0.15) is 18.3 Å². The summed E-state index contributed by atoms with van der Waals surface area (Å²) in [6, 6.07) is 11.6. The molecule has 2 aromatic heterocycles. The number of carbonyl (C=O) groups is 1. The first-order valence-corrected chi connectivity index (χ1v) is 15.0. The summed E-state index contributed by atoms with van der Waals surface area (Å²) < 4.78 is 71.7. The molecule has 4 aromatic rings. The number of alkyl halides is 3. The number of hydrogen-bond acceptors (Lipinski definition) is 8. The van der Waals surface area contributed by atoms with Crippen LogP contribution < -0.4 is 14.4 Å². The van der Waals surface area contributed by atoms with Gasteiger partial charge in [0.15, 0.2) is 17.3 Å². The molecule has 0 unspecified atom stereocenters. The van der Waals surface area contributed by atoms with Gasteiger partial charge in [-0.3, -0.25) is 19.9 Å². The number of nitrogens with one attached hydrogen (secondary N) is 1. The Kier molecular flexibility index (Phi) is 7.51. The van der Waals surface area contributed by atoms with Crippen LogP contribution in [0.1, 0.15) is 48.3 Å². The standard InChI is InChI=1S/C31H27ClF4N6O4/c1-30(21-6-5-19(32)14-22(21)33)45-25-4-2-3-20(26(25)46-30)17-7-9-41(10-8-17)16-23-24(42-11-12-44-29(42)43)13-18(15-37-23)27-38-28(40-39-27)31(34,35)36/h2-6,13-15,17H,7-12,16H2,1H3,(H,38,39,40)/t30-/m1/s1. The van der Waals surface area contributed by atoms with Gasteiger partial charge in [0.2, 0.25) is 5.82 Å². The molecule has 1 amide bonds. The van der Waals surface area contributed by atoms with Gasteiger partial charge in [0.25, 0.3) is 5.79 Å². The molecule has 0 radical (unpaired) electrons. The lowest BCUT2D eigenvalue weighted by atomic mass is 9.88. The van der Waals surface area contributed by atoms with E-state index >= 15 is 0 Å². The predicted molar refractivity (Wildman–Crippen MR) is 157 cm³/mol. The number of rotatable bonds is 6. The smallest absolute Gasteiger partial charge is 0.447 e. The number of nitrogens with zero attached hydrogens (tertiary/aromatic N) is 5. The molecule has 7 rings (SSSR count). The van der Waals surface area contributed by atoms with Gasteiger partial charge < -0.3 is 14.2 Å². The largest absolute Gasteiger partial charge is 0.451 e. The molecule has 2 fully saturated rings. The molecule has 3 aliphatic rings. The van der Waals surface area contributed by atoms with Gasteiger partial charge in [-0.1, -0.05) is 23.7 Å². The first kappa shape index (κ1) is 30.2. The van der Waals surface area contributed by atoms with E-state index in [4.69, 9.17) is 25.8 Å². The number of ether oxygens (including phenoxy) is 3. The molecule has 0 spiro atoms. The molecule has 15 heteroatoms. The molecule has 1 N–H and O–H groups in total. The molecule has 5 heterocycles. The first-order chi connectivity index (χ1) is 22.0. The van der Waals surface area contributed by atoms with E-state index in [0.29, 0.717) is 42.5 Å².